The molecular formula is C15H14F2N2O. The summed E-state index contributed by atoms with van der Waals surface area (Å²) in [6, 6.07) is 8.63. The van der Waals surface area contributed by atoms with E-state index in [2.05, 4.69) is 5.32 Å². The number of rotatable bonds is 4. The first-order chi connectivity index (χ1) is 9.49. The maximum Gasteiger partial charge on any atom is 0.248 e. The number of carbonyl (C=O) groups is 1. The molecule has 0 aliphatic rings. The molecule has 0 saturated carbocycles. The summed E-state index contributed by atoms with van der Waals surface area (Å²) in [5.74, 6) is -1.79. The van der Waals surface area contributed by atoms with Crippen LogP contribution in [0.2, 0.25) is 0 Å². The number of hydrogen-bond acceptors (Lipinski definition) is 2. The van der Waals surface area contributed by atoms with Crippen molar-refractivity contribution in [1.29, 1.82) is 0 Å². The van der Waals surface area contributed by atoms with Crippen molar-refractivity contribution in [2.45, 2.75) is 13.5 Å². The van der Waals surface area contributed by atoms with Gasteiger partial charge in [-0.25, -0.2) is 8.78 Å². The molecule has 2 aromatic carbocycles. The fourth-order valence-corrected chi connectivity index (χ4v) is 1.90. The molecule has 0 radical (unpaired) electrons. The lowest BCUT2D eigenvalue weighted by Gasteiger charge is -2.11. The van der Waals surface area contributed by atoms with Crippen LogP contribution < -0.4 is 11.1 Å². The van der Waals surface area contributed by atoms with Crippen LogP contribution in [0.1, 0.15) is 21.5 Å². The maximum absolute atomic E-state index is 13.5. The number of amides is 1. The van der Waals surface area contributed by atoms with Crippen LogP contribution in [0.15, 0.2) is 36.4 Å². The highest BCUT2D eigenvalue weighted by Crippen LogP contribution is 2.20. The van der Waals surface area contributed by atoms with Crippen LogP contribution in [0, 0.1) is 18.6 Å². The van der Waals surface area contributed by atoms with Crippen molar-refractivity contribution >= 4 is 11.6 Å². The van der Waals surface area contributed by atoms with Gasteiger partial charge in [-0.15, -0.1) is 0 Å². The molecule has 2 aromatic rings. The van der Waals surface area contributed by atoms with Gasteiger partial charge in [0, 0.05) is 12.1 Å². The van der Waals surface area contributed by atoms with Crippen molar-refractivity contribution in [2.75, 3.05) is 5.32 Å². The minimum Gasteiger partial charge on any atom is -0.376 e. The second kappa shape index (κ2) is 5.69. The molecule has 0 aliphatic carbocycles. The second-order valence-electron chi connectivity index (χ2n) is 4.46. The Morgan fingerprint density at radius 1 is 1.20 bits per heavy atom. The normalized spacial score (nSPS) is 10.3. The Balaban J connectivity index is 2.17. The zero-order chi connectivity index (χ0) is 14.7. The number of halogens is 2. The van der Waals surface area contributed by atoms with Crippen molar-refractivity contribution in [1.82, 2.24) is 0 Å². The number of para-hydroxylation sites is 1. The van der Waals surface area contributed by atoms with Crippen molar-refractivity contribution in [2.24, 2.45) is 5.73 Å². The van der Waals surface area contributed by atoms with E-state index in [4.69, 9.17) is 5.73 Å². The van der Waals surface area contributed by atoms with E-state index >= 15 is 0 Å². The van der Waals surface area contributed by atoms with Gasteiger partial charge >= 0.3 is 0 Å². The second-order valence-corrected chi connectivity index (χ2v) is 4.46. The van der Waals surface area contributed by atoms with Crippen LogP contribution in [0.4, 0.5) is 14.5 Å². The topological polar surface area (TPSA) is 55.1 Å². The van der Waals surface area contributed by atoms with Crippen LogP contribution >= 0.6 is 0 Å². The number of aryl methyl sites for hydroxylation is 1. The minimum atomic E-state index is -0.642. The quantitative estimate of drug-likeness (QED) is 0.902. The van der Waals surface area contributed by atoms with Crippen LogP contribution in [0.25, 0.3) is 0 Å². The van der Waals surface area contributed by atoms with Gasteiger partial charge in [0.1, 0.15) is 17.3 Å². The van der Waals surface area contributed by atoms with Crippen LogP contribution in [0.5, 0.6) is 0 Å². The molecule has 0 heterocycles. The van der Waals surface area contributed by atoms with Gasteiger partial charge in [-0.2, -0.15) is 0 Å². The van der Waals surface area contributed by atoms with E-state index < -0.39 is 17.5 Å². The number of benzene rings is 2. The third-order valence-electron chi connectivity index (χ3n) is 3.05. The molecule has 3 N–H and O–H groups in total. The predicted molar refractivity (Wildman–Crippen MR) is 73.4 cm³/mol. The molecule has 0 spiro atoms. The third-order valence-corrected chi connectivity index (χ3v) is 3.05. The van der Waals surface area contributed by atoms with E-state index in [0.29, 0.717) is 5.56 Å². The Hall–Kier alpha value is -2.43. The Labute approximate surface area is 115 Å². The summed E-state index contributed by atoms with van der Waals surface area (Å²) in [5.41, 5.74) is 7.08. The molecule has 0 bridgehead atoms. The summed E-state index contributed by atoms with van der Waals surface area (Å²) in [7, 11) is 0. The fourth-order valence-electron chi connectivity index (χ4n) is 1.90. The Bertz CT molecular complexity index is 636. The molecule has 0 unspecified atom stereocenters. The van der Waals surface area contributed by atoms with Gasteiger partial charge in [-0.05, 0) is 42.3 Å². The van der Waals surface area contributed by atoms with Crippen molar-refractivity contribution in [3.63, 3.8) is 0 Å². The molecule has 2 rings (SSSR count). The average Bonchev–Trinajstić information content (AvgIpc) is 2.39. The molecule has 5 heteroatoms. The average molecular weight is 276 g/mol. The zero-order valence-electron chi connectivity index (χ0n) is 10.9. The maximum atomic E-state index is 13.5. The summed E-state index contributed by atoms with van der Waals surface area (Å²) in [4.78, 5) is 11.0. The summed E-state index contributed by atoms with van der Waals surface area (Å²) < 4.78 is 26.9. The number of hydrogen-bond donors (Lipinski definition) is 2. The largest absolute Gasteiger partial charge is 0.376 e. The standard InChI is InChI=1S/C15H14F2N2O/c1-9-7-10(15(18)20)5-6-11(9)8-19-14-12(16)3-2-4-13(14)17/h2-7,19H,8H2,1H3,(H2,18,20). The summed E-state index contributed by atoms with van der Waals surface area (Å²) in [6.07, 6.45) is 0. The highest BCUT2D eigenvalue weighted by Gasteiger charge is 2.09. The lowest BCUT2D eigenvalue weighted by atomic mass is 10.0. The lowest BCUT2D eigenvalue weighted by molar-refractivity contribution is 0.1000. The number of anilines is 1. The van der Waals surface area contributed by atoms with Crippen molar-refractivity contribution in [3.05, 3.63) is 64.7 Å². The van der Waals surface area contributed by atoms with Gasteiger partial charge in [0.25, 0.3) is 0 Å². The molecule has 0 aromatic heterocycles. The molecule has 104 valence electrons. The SMILES string of the molecule is Cc1cc(C(N)=O)ccc1CNc1c(F)cccc1F. The Morgan fingerprint density at radius 3 is 2.40 bits per heavy atom. The molecule has 0 atom stereocenters. The first-order valence-corrected chi connectivity index (χ1v) is 6.06. The van der Waals surface area contributed by atoms with Crippen LogP contribution in [-0.2, 0) is 6.54 Å². The first-order valence-electron chi connectivity index (χ1n) is 6.06. The zero-order valence-corrected chi connectivity index (χ0v) is 10.9. The molecule has 0 fully saturated rings. The fraction of sp³-hybridized carbons (Fsp3) is 0.133. The Kier molecular flexibility index (Phi) is 3.98. The van der Waals surface area contributed by atoms with E-state index in [0.717, 1.165) is 11.1 Å². The Morgan fingerprint density at radius 2 is 1.85 bits per heavy atom. The van der Waals surface area contributed by atoms with Crippen molar-refractivity contribution in [3.8, 4) is 0 Å². The van der Waals surface area contributed by atoms with Crippen LogP contribution in [-0.4, -0.2) is 5.91 Å². The number of nitrogens with two attached hydrogens (primary N) is 1. The molecule has 1 amide bonds. The number of nitrogens with one attached hydrogen (secondary N) is 1. The first kappa shape index (κ1) is 14.0. The minimum absolute atomic E-state index is 0.161. The summed E-state index contributed by atoms with van der Waals surface area (Å²) in [6.45, 7) is 2.06. The van der Waals surface area contributed by atoms with Gasteiger partial charge in [0.15, 0.2) is 0 Å². The predicted octanol–water partition coefficient (Wildman–Crippen LogP) is 2.98. The smallest absolute Gasteiger partial charge is 0.248 e. The van der Waals surface area contributed by atoms with E-state index in [9.17, 15) is 13.6 Å². The monoisotopic (exact) mass is 276 g/mol. The molecule has 0 aliphatic heterocycles. The van der Waals surface area contributed by atoms with Gasteiger partial charge in [-0.1, -0.05) is 12.1 Å². The van der Waals surface area contributed by atoms with Gasteiger partial charge in [0.2, 0.25) is 5.91 Å². The lowest BCUT2D eigenvalue weighted by Crippen LogP contribution is -2.12. The highest BCUT2D eigenvalue weighted by atomic mass is 19.1. The number of carbonyl (C=O) groups excluding carboxylic acids is 1. The summed E-state index contributed by atoms with van der Waals surface area (Å²) >= 11 is 0. The van der Waals surface area contributed by atoms with Crippen molar-refractivity contribution < 1.29 is 13.6 Å². The molecule has 20 heavy (non-hydrogen) atoms. The molecular weight excluding hydrogens is 262 g/mol. The van der Waals surface area contributed by atoms with Crippen LogP contribution in [0.3, 0.4) is 0 Å². The van der Waals surface area contributed by atoms with Gasteiger partial charge in [0.05, 0.1) is 0 Å². The van der Waals surface area contributed by atoms with E-state index in [1.807, 2.05) is 0 Å². The van der Waals surface area contributed by atoms with Gasteiger partial charge < -0.3 is 11.1 Å². The molecule has 0 saturated heterocycles. The van der Waals surface area contributed by atoms with E-state index in [-0.39, 0.29) is 12.2 Å². The van der Waals surface area contributed by atoms with E-state index in [1.165, 1.54) is 18.2 Å². The third kappa shape index (κ3) is 2.93. The molecule has 3 nitrogen and oxygen atoms in total. The van der Waals surface area contributed by atoms with Gasteiger partial charge in [-0.3, -0.25) is 4.79 Å². The van der Waals surface area contributed by atoms with E-state index in [1.54, 1.807) is 25.1 Å². The number of primary amides is 1. The summed E-state index contributed by atoms with van der Waals surface area (Å²) in [5, 5.41) is 2.72. The highest BCUT2D eigenvalue weighted by molar-refractivity contribution is 5.93.